The van der Waals surface area contributed by atoms with Crippen LogP contribution in [-0.4, -0.2) is 48.1 Å². The Balaban J connectivity index is 2.23. The number of likely N-dealkylation sites (tertiary alicyclic amines) is 1. The molecule has 0 aliphatic carbocycles. The van der Waals surface area contributed by atoms with Crippen molar-refractivity contribution in [2.24, 2.45) is 5.92 Å². The van der Waals surface area contributed by atoms with Crippen molar-refractivity contribution in [3.63, 3.8) is 0 Å². The van der Waals surface area contributed by atoms with Gasteiger partial charge < -0.3 is 10.2 Å². The van der Waals surface area contributed by atoms with E-state index in [-0.39, 0.29) is 12.5 Å². The SMILES string of the molecule is CC1CC2CNCC2N1C(=O)C(F)(F)C(F)(F)F. The lowest BCUT2D eigenvalue weighted by Gasteiger charge is -2.31. The molecule has 1 amide bonds. The Labute approximate surface area is 100 Å². The molecule has 2 heterocycles. The summed E-state index contributed by atoms with van der Waals surface area (Å²) in [6.07, 6.45) is -5.38. The lowest BCUT2D eigenvalue weighted by Crippen LogP contribution is -2.56. The zero-order valence-corrected chi connectivity index (χ0v) is 9.60. The van der Waals surface area contributed by atoms with Gasteiger partial charge in [-0.25, -0.2) is 0 Å². The van der Waals surface area contributed by atoms with Crippen LogP contribution in [0.15, 0.2) is 0 Å². The summed E-state index contributed by atoms with van der Waals surface area (Å²) in [7, 11) is 0. The molecule has 8 heteroatoms. The number of halogens is 5. The Morgan fingerprint density at radius 3 is 2.39 bits per heavy atom. The summed E-state index contributed by atoms with van der Waals surface area (Å²) in [5.74, 6) is -7.47. The van der Waals surface area contributed by atoms with Crippen LogP contribution in [0.5, 0.6) is 0 Å². The molecule has 0 saturated carbocycles. The third kappa shape index (κ3) is 1.86. The van der Waals surface area contributed by atoms with Gasteiger partial charge in [0.05, 0.1) is 0 Å². The first-order valence-electron chi connectivity index (χ1n) is 5.64. The average molecular weight is 272 g/mol. The predicted molar refractivity (Wildman–Crippen MR) is 52.1 cm³/mol. The van der Waals surface area contributed by atoms with Gasteiger partial charge in [-0.1, -0.05) is 0 Å². The fraction of sp³-hybridized carbons (Fsp3) is 0.900. The molecule has 2 aliphatic rings. The molecule has 0 aromatic rings. The van der Waals surface area contributed by atoms with Crippen LogP contribution >= 0.6 is 0 Å². The summed E-state index contributed by atoms with van der Waals surface area (Å²) in [5, 5.41) is 2.90. The number of hydrogen-bond donors (Lipinski definition) is 1. The number of amides is 1. The van der Waals surface area contributed by atoms with Crippen LogP contribution in [0.1, 0.15) is 13.3 Å². The van der Waals surface area contributed by atoms with E-state index in [9.17, 15) is 26.7 Å². The lowest BCUT2D eigenvalue weighted by atomic mass is 10.0. The van der Waals surface area contributed by atoms with Crippen molar-refractivity contribution in [1.82, 2.24) is 10.2 Å². The number of alkyl halides is 5. The van der Waals surface area contributed by atoms with E-state index < -0.39 is 30.1 Å². The van der Waals surface area contributed by atoms with E-state index in [1.165, 1.54) is 6.92 Å². The molecule has 0 aromatic heterocycles. The molecule has 2 aliphatic heterocycles. The van der Waals surface area contributed by atoms with Gasteiger partial charge in [-0.2, -0.15) is 22.0 Å². The molecule has 0 spiro atoms. The molecular formula is C10H13F5N2O. The molecule has 3 nitrogen and oxygen atoms in total. The minimum Gasteiger partial charge on any atom is -0.330 e. The minimum absolute atomic E-state index is 0.0343. The maximum absolute atomic E-state index is 13.1. The van der Waals surface area contributed by atoms with Gasteiger partial charge in [-0.15, -0.1) is 0 Å². The number of rotatable bonds is 1. The second-order valence-corrected chi connectivity index (χ2v) is 4.85. The second kappa shape index (κ2) is 4.04. The Morgan fingerprint density at radius 1 is 1.22 bits per heavy atom. The van der Waals surface area contributed by atoms with E-state index in [1.807, 2.05) is 0 Å². The highest BCUT2D eigenvalue weighted by molar-refractivity contribution is 5.85. The minimum atomic E-state index is -5.84. The average Bonchev–Trinajstić information content (AvgIpc) is 2.74. The Morgan fingerprint density at radius 2 is 1.83 bits per heavy atom. The highest BCUT2D eigenvalue weighted by Crippen LogP contribution is 2.41. The number of hydrogen-bond acceptors (Lipinski definition) is 2. The van der Waals surface area contributed by atoms with Crippen LogP contribution in [0.2, 0.25) is 0 Å². The quantitative estimate of drug-likeness (QED) is 0.732. The van der Waals surface area contributed by atoms with Crippen molar-refractivity contribution in [1.29, 1.82) is 0 Å². The summed E-state index contributed by atoms with van der Waals surface area (Å²) in [5.41, 5.74) is 0. The number of fused-ring (bicyclic) bond motifs is 1. The standard InChI is InChI=1S/C10H13F5N2O/c1-5-2-6-3-16-4-7(6)17(5)8(18)9(11,12)10(13,14)15/h5-7,16H,2-4H2,1H3. The third-order valence-electron chi connectivity index (χ3n) is 3.64. The summed E-state index contributed by atoms with van der Waals surface area (Å²) in [6, 6.07) is -1.14. The maximum atomic E-state index is 13.1. The number of nitrogens with zero attached hydrogens (tertiary/aromatic N) is 1. The first-order valence-corrected chi connectivity index (χ1v) is 5.64. The van der Waals surface area contributed by atoms with Gasteiger partial charge in [0.2, 0.25) is 0 Å². The monoisotopic (exact) mass is 272 g/mol. The van der Waals surface area contributed by atoms with Gasteiger partial charge in [-0.3, -0.25) is 4.79 Å². The molecule has 18 heavy (non-hydrogen) atoms. The Bertz CT molecular complexity index is 357. The molecular weight excluding hydrogens is 259 g/mol. The van der Waals surface area contributed by atoms with E-state index in [0.29, 0.717) is 17.9 Å². The largest absolute Gasteiger partial charge is 0.463 e. The van der Waals surface area contributed by atoms with E-state index in [4.69, 9.17) is 0 Å². The van der Waals surface area contributed by atoms with Crippen LogP contribution < -0.4 is 5.32 Å². The molecule has 2 fully saturated rings. The zero-order valence-electron chi connectivity index (χ0n) is 9.60. The predicted octanol–water partition coefficient (Wildman–Crippen LogP) is 1.39. The summed E-state index contributed by atoms with van der Waals surface area (Å²) >= 11 is 0. The second-order valence-electron chi connectivity index (χ2n) is 4.85. The van der Waals surface area contributed by atoms with E-state index in [2.05, 4.69) is 5.32 Å². The van der Waals surface area contributed by atoms with E-state index >= 15 is 0 Å². The number of nitrogens with one attached hydrogen (secondary N) is 1. The van der Waals surface area contributed by atoms with Crippen LogP contribution in [-0.2, 0) is 4.79 Å². The molecule has 0 bridgehead atoms. The van der Waals surface area contributed by atoms with Gasteiger partial charge >= 0.3 is 18.0 Å². The molecule has 3 unspecified atom stereocenters. The summed E-state index contributed by atoms with van der Waals surface area (Å²) < 4.78 is 62.7. The van der Waals surface area contributed by atoms with Crippen molar-refractivity contribution < 1.29 is 26.7 Å². The topological polar surface area (TPSA) is 32.3 Å². The molecule has 0 radical (unpaired) electrons. The number of carbonyl (C=O) groups excluding carboxylic acids is 1. The van der Waals surface area contributed by atoms with Gasteiger partial charge in [0.1, 0.15) is 0 Å². The molecule has 3 atom stereocenters. The molecule has 1 N–H and O–H groups in total. The van der Waals surface area contributed by atoms with Crippen LogP contribution in [0.4, 0.5) is 22.0 Å². The molecule has 2 rings (SSSR count). The Kier molecular flexibility index (Phi) is 3.03. The van der Waals surface area contributed by atoms with Crippen molar-refractivity contribution in [2.45, 2.75) is 37.5 Å². The summed E-state index contributed by atoms with van der Waals surface area (Å²) in [4.78, 5) is 12.2. The van der Waals surface area contributed by atoms with Gasteiger partial charge in [0, 0.05) is 25.2 Å². The fourth-order valence-electron chi connectivity index (χ4n) is 2.80. The molecule has 2 saturated heterocycles. The van der Waals surface area contributed by atoms with Crippen molar-refractivity contribution in [2.75, 3.05) is 13.1 Å². The molecule has 0 aromatic carbocycles. The first kappa shape index (κ1) is 13.5. The van der Waals surface area contributed by atoms with Gasteiger partial charge in [0.15, 0.2) is 0 Å². The Hall–Kier alpha value is -0.920. The van der Waals surface area contributed by atoms with Crippen LogP contribution in [0.3, 0.4) is 0 Å². The first-order chi connectivity index (χ1) is 8.16. The maximum Gasteiger partial charge on any atom is 0.463 e. The summed E-state index contributed by atoms with van der Waals surface area (Å²) in [6.45, 7) is 2.33. The highest BCUT2D eigenvalue weighted by atomic mass is 19.4. The van der Waals surface area contributed by atoms with Crippen LogP contribution in [0.25, 0.3) is 0 Å². The third-order valence-corrected chi connectivity index (χ3v) is 3.64. The fourth-order valence-corrected chi connectivity index (χ4v) is 2.80. The molecule has 104 valence electrons. The van der Waals surface area contributed by atoms with Crippen molar-refractivity contribution in [3.05, 3.63) is 0 Å². The number of carbonyl (C=O) groups is 1. The van der Waals surface area contributed by atoms with Crippen molar-refractivity contribution >= 4 is 5.91 Å². The zero-order chi connectivity index (χ0) is 13.7. The van der Waals surface area contributed by atoms with Gasteiger partial charge in [-0.05, 0) is 19.3 Å². The van der Waals surface area contributed by atoms with E-state index in [0.717, 1.165) is 0 Å². The smallest absolute Gasteiger partial charge is 0.330 e. The normalized spacial score (nSPS) is 32.8. The highest BCUT2D eigenvalue weighted by Gasteiger charge is 2.66. The lowest BCUT2D eigenvalue weighted by molar-refractivity contribution is -0.275. The van der Waals surface area contributed by atoms with E-state index in [1.54, 1.807) is 0 Å². The van der Waals surface area contributed by atoms with Crippen LogP contribution in [0, 0.1) is 5.92 Å². The van der Waals surface area contributed by atoms with Gasteiger partial charge in [0.25, 0.3) is 0 Å². The van der Waals surface area contributed by atoms with Crippen molar-refractivity contribution in [3.8, 4) is 0 Å².